The molecule has 0 radical (unpaired) electrons. The maximum atomic E-state index is 11.8. The summed E-state index contributed by atoms with van der Waals surface area (Å²) >= 11 is 0. The summed E-state index contributed by atoms with van der Waals surface area (Å²) < 4.78 is 0. The number of primary amides is 1. The Bertz CT molecular complexity index is 273. The maximum Gasteiger partial charge on any atom is 0.314 e. The van der Waals surface area contributed by atoms with Crippen molar-refractivity contribution in [3.8, 4) is 0 Å². The Hall–Kier alpha value is -1.06. The van der Waals surface area contributed by atoms with E-state index >= 15 is 0 Å². The highest BCUT2D eigenvalue weighted by Crippen LogP contribution is 2.26. The highest BCUT2D eigenvalue weighted by Gasteiger charge is 2.27. The highest BCUT2D eigenvalue weighted by molar-refractivity contribution is 5.83. The lowest BCUT2D eigenvalue weighted by atomic mass is 9.82. The molecule has 1 rings (SSSR count). The third-order valence-electron chi connectivity index (χ3n) is 3.24. The van der Waals surface area contributed by atoms with Crippen LogP contribution in [0.2, 0.25) is 0 Å². The number of carbonyl (C=O) groups is 2. The van der Waals surface area contributed by atoms with Gasteiger partial charge in [-0.25, -0.2) is 4.79 Å². The number of carbonyl (C=O) groups excluding carboxylic acids is 2. The van der Waals surface area contributed by atoms with Crippen molar-refractivity contribution in [1.29, 1.82) is 0 Å². The van der Waals surface area contributed by atoms with Crippen molar-refractivity contribution in [2.75, 3.05) is 13.1 Å². The fourth-order valence-corrected chi connectivity index (χ4v) is 1.93. The number of piperidine rings is 1. The van der Waals surface area contributed by atoms with Gasteiger partial charge in [0.05, 0.1) is 0 Å². The molecule has 1 aliphatic heterocycles. The first-order chi connectivity index (χ1) is 7.30. The average molecular weight is 226 g/mol. The monoisotopic (exact) mass is 226 g/mol. The van der Waals surface area contributed by atoms with E-state index in [9.17, 15) is 9.59 Å². The first kappa shape index (κ1) is 13.0. The number of nitrogens with two attached hydrogens (primary N) is 1. The topological polar surface area (TPSA) is 63.4 Å². The zero-order valence-corrected chi connectivity index (χ0v) is 10.5. The molecule has 4 heteroatoms. The summed E-state index contributed by atoms with van der Waals surface area (Å²) in [6.45, 7) is 7.24. The molecule has 1 heterocycles. The summed E-state index contributed by atoms with van der Waals surface area (Å²) in [7, 11) is 0. The molecule has 0 aliphatic carbocycles. The quantitative estimate of drug-likeness (QED) is 0.780. The minimum atomic E-state index is -0.347. The first-order valence-corrected chi connectivity index (χ1v) is 5.88. The molecule has 1 saturated heterocycles. The standard InChI is InChI=1S/C12H22N2O2/c1-12(2,3)10(15)8-9-4-6-14(7-5-9)11(13)16/h9H,4-8H2,1-3H3,(H2,13,16). The molecule has 16 heavy (non-hydrogen) atoms. The van der Waals surface area contributed by atoms with Gasteiger partial charge in [0.25, 0.3) is 0 Å². The van der Waals surface area contributed by atoms with Crippen molar-refractivity contribution in [3.63, 3.8) is 0 Å². The van der Waals surface area contributed by atoms with E-state index in [1.54, 1.807) is 4.90 Å². The molecular formula is C12H22N2O2. The number of rotatable bonds is 2. The van der Waals surface area contributed by atoms with E-state index < -0.39 is 0 Å². The van der Waals surface area contributed by atoms with Gasteiger partial charge in [0.1, 0.15) is 5.78 Å². The molecule has 1 aliphatic rings. The van der Waals surface area contributed by atoms with Crippen molar-refractivity contribution in [2.24, 2.45) is 17.1 Å². The Kier molecular flexibility index (Phi) is 3.94. The minimum Gasteiger partial charge on any atom is -0.351 e. The molecule has 0 saturated carbocycles. The van der Waals surface area contributed by atoms with Gasteiger partial charge >= 0.3 is 6.03 Å². The molecule has 4 nitrogen and oxygen atoms in total. The van der Waals surface area contributed by atoms with Crippen LogP contribution in [0.3, 0.4) is 0 Å². The van der Waals surface area contributed by atoms with Crippen LogP contribution in [0.25, 0.3) is 0 Å². The summed E-state index contributed by atoms with van der Waals surface area (Å²) in [5.74, 6) is 0.729. The fraction of sp³-hybridized carbons (Fsp3) is 0.833. The van der Waals surface area contributed by atoms with E-state index in [-0.39, 0.29) is 11.4 Å². The molecule has 0 aromatic carbocycles. The molecule has 0 atom stereocenters. The Balaban J connectivity index is 2.38. The SMILES string of the molecule is CC(C)(C)C(=O)CC1CCN(C(N)=O)CC1. The Morgan fingerprint density at radius 2 is 1.75 bits per heavy atom. The van der Waals surface area contributed by atoms with Gasteiger partial charge in [-0.1, -0.05) is 20.8 Å². The van der Waals surface area contributed by atoms with E-state index in [0.29, 0.717) is 31.2 Å². The second-order valence-corrected chi connectivity index (χ2v) is 5.65. The lowest BCUT2D eigenvalue weighted by molar-refractivity contribution is -0.127. The highest BCUT2D eigenvalue weighted by atomic mass is 16.2. The number of urea groups is 1. The van der Waals surface area contributed by atoms with E-state index in [0.717, 1.165) is 12.8 Å². The van der Waals surface area contributed by atoms with Crippen LogP contribution in [0.4, 0.5) is 4.79 Å². The number of nitrogens with zero attached hydrogens (tertiary/aromatic N) is 1. The van der Waals surface area contributed by atoms with Gasteiger partial charge in [-0.05, 0) is 18.8 Å². The van der Waals surface area contributed by atoms with Crippen molar-refractivity contribution < 1.29 is 9.59 Å². The fourth-order valence-electron chi connectivity index (χ4n) is 1.93. The van der Waals surface area contributed by atoms with Gasteiger partial charge in [-0.3, -0.25) is 4.79 Å². The van der Waals surface area contributed by atoms with Crippen LogP contribution in [-0.2, 0) is 4.79 Å². The van der Waals surface area contributed by atoms with Crippen LogP contribution in [0.5, 0.6) is 0 Å². The maximum absolute atomic E-state index is 11.8. The molecular weight excluding hydrogens is 204 g/mol. The summed E-state index contributed by atoms with van der Waals surface area (Å²) in [5.41, 5.74) is 4.95. The van der Waals surface area contributed by atoms with E-state index in [4.69, 9.17) is 5.73 Å². The van der Waals surface area contributed by atoms with Crippen LogP contribution in [0, 0.1) is 11.3 Å². The number of Topliss-reactive ketones (excluding diaryl/α,β-unsaturated/α-hetero) is 1. The van der Waals surface area contributed by atoms with Crippen LogP contribution >= 0.6 is 0 Å². The predicted octanol–water partition coefficient (Wildman–Crippen LogP) is 1.78. The number of likely N-dealkylation sites (tertiary alicyclic amines) is 1. The van der Waals surface area contributed by atoms with Crippen LogP contribution in [0.15, 0.2) is 0 Å². The normalized spacial score (nSPS) is 18.6. The summed E-state index contributed by atoms with van der Waals surface area (Å²) in [5, 5.41) is 0. The Labute approximate surface area is 97.2 Å². The average Bonchev–Trinajstić information content (AvgIpc) is 2.17. The lowest BCUT2D eigenvalue weighted by Gasteiger charge is -2.31. The second-order valence-electron chi connectivity index (χ2n) is 5.65. The Morgan fingerprint density at radius 3 is 2.12 bits per heavy atom. The zero-order chi connectivity index (χ0) is 12.3. The molecule has 0 aromatic heterocycles. The largest absolute Gasteiger partial charge is 0.351 e. The summed E-state index contributed by atoms with van der Waals surface area (Å²) in [4.78, 5) is 24.4. The minimum absolute atomic E-state index is 0.249. The smallest absolute Gasteiger partial charge is 0.314 e. The van der Waals surface area contributed by atoms with Gasteiger partial charge in [-0.15, -0.1) is 0 Å². The molecule has 2 N–H and O–H groups in total. The van der Waals surface area contributed by atoms with Crippen LogP contribution in [0.1, 0.15) is 40.0 Å². The van der Waals surface area contributed by atoms with E-state index in [2.05, 4.69) is 0 Å². The molecule has 1 fully saturated rings. The number of ketones is 1. The Morgan fingerprint density at radius 1 is 1.25 bits per heavy atom. The molecule has 0 aromatic rings. The van der Waals surface area contributed by atoms with E-state index in [1.165, 1.54) is 0 Å². The second kappa shape index (κ2) is 4.85. The van der Waals surface area contributed by atoms with Crippen LogP contribution < -0.4 is 5.73 Å². The van der Waals surface area contributed by atoms with Gasteiger partial charge in [0, 0.05) is 24.9 Å². The van der Waals surface area contributed by atoms with Crippen molar-refractivity contribution >= 4 is 11.8 Å². The van der Waals surface area contributed by atoms with Crippen molar-refractivity contribution in [3.05, 3.63) is 0 Å². The van der Waals surface area contributed by atoms with Gasteiger partial charge in [-0.2, -0.15) is 0 Å². The molecule has 2 amide bonds. The van der Waals surface area contributed by atoms with Crippen molar-refractivity contribution in [1.82, 2.24) is 4.90 Å². The third kappa shape index (κ3) is 3.51. The lowest BCUT2D eigenvalue weighted by Crippen LogP contribution is -2.42. The molecule has 92 valence electrons. The summed E-state index contributed by atoms with van der Waals surface area (Å²) in [6, 6.07) is -0.347. The zero-order valence-electron chi connectivity index (χ0n) is 10.5. The van der Waals surface area contributed by atoms with Crippen molar-refractivity contribution in [2.45, 2.75) is 40.0 Å². The number of amides is 2. The molecule has 0 bridgehead atoms. The molecule has 0 spiro atoms. The predicted molar refractivity (Wildman–Crippen MR) is 63.0 cm³/mol. The summed E-state index contributed by atoms with van der Waals surface area (Å²) in [6.07, 6.45) is 2.42. The van der Waals surface area contributed by atoms with Crippen LogP contribution in [-0.4, -0.2) is 29.8 Å². The molecule has 0 unspecified atom stereocenters. The number of hydrogen-bond donors (Lipinski definition) is 1. The van der Waals surface area contributed by atoms with Gasteiger partial charge < -0.3 is 10.6 Å². The number of hydrogen-bond acceptors (Lipinski definition) is 2. The third-order valence-corrected chi connectivity index (χ3v) is 3.24. The first-order valence-electron chi connectivity index (χ1n) is 5.88. The van der Waals surface area contributed by atoms with Gasteiger partial charge in [0.2, 0.25) is 0 Å². The van der Waals surface area contributed by atoms with Gasteiger partial charge in [0.15, 0.2) is 0 Å². The van der Waals surface area contributed by atoms with E-state index in [1.807, 2.05) is 20.8 Å².